The zero-order valence-electron chi connectivity index (χ0n) is 12.0. The Morgan fingerprint density at radius 2 is 1.82 bits per heavy atom. The van der Waals surface area contributed by atoms with Crippen LogP contribution in [0.15, 0.2) is 54.6 Å². The first-order valence-electron chi connectivity index (χ1n) is 7.12. The summed E-state index contributed by atoms with van der Waals surface area (Å²) in [5, 5.41) is 8.96. The number of hydrogen-bond donors (Lipinski definition) is 0. The SMILES string of the molecule is N#CC1(C(=O)OCc2cccc(Oc3ccccc3)c2)CC1. The predicted octanol–water partition coefficient (Wildman–Crippen LogP) is 3.83. The third kappa shape index (κ3) is 3.09. The van der Waals surface area contributed by atoms with E-state index in [9.17, 15) is 4.79 Å². The number of carbonyl (C=O) groups is 1. The molecule has 0 saturated heterocycles. The lowest BCUT2D eigenvalue weighted by molar-refractivity contribution is -0.149. The highest BCUT2D eigenvalue weighted by atomic mass is 16.5. The predicted molar refractivity (Wildman–Crippen MR) is 80.0 cm³/mol. The molecule has 0 aliphatic heterocycles. The Labute approximate surface area is 128 Å². The number of rotatable bonds is 5. The van der Waals surface area contributed by atoms with Gasteiger partial charge in [-0.3, -0.25) is 4.79 Å². The molecule has 0 N–H and O–H groups in total. The monoisotopic (exact) mass is 293 g/mol. The van der Waals surface area contributed by atoms with Crippen molar-refractivity contribution in [2.45, 2.75) is 19.4 Å². The van der Waals surface area contributed by atoms with Gasteiger partial charge >= 0.3 is 5.97 Å². The molecule has 1 saturated carbocycles. The second-order valence-corrected chi connectivity index (χ2v) is 5.33. The molecule has 110 valence electrons. The summed E-state index contributed by atoms with van der Waals surface area (Å²) in [6, 6.07) is 18.9. The molecule has 22 heavy (non-hydrogen) atoms. The van der Waals surface area contributed by atoms with Crippen LogP contribution < -0.4 is 4.74 Å². The van der Waals surface area contributed by atoms with Crippen LogP contribution in [0.3, 0.4) is 0 Å². The molecular weight excluding hydrogens is 278 g/mol. The van der Waals surface area contributed by atoms with Gasteiger partial charge in [-0.15, -0.1) is 0 Å². The minimum Gasteiger partial charge on any atom is -0.460 e. The van der Waals surface area contributed by atoms with Crippen LogP contribution >= 0.6 is 0 Å². The van der Waals surface area contributed by atoms with Gasteiger partial charge in [0.05, 0.1) is 6.07 Å². The van der Waals surface area contributed by atoms with Crippen LogP contribution in [-0.4, -0.2) is 5.97 Å². The van der Waals surface area contributed by atoms with Crippen LogP contribution in [0.25, 0.3) is 0 Å². The van der Waals surface area contributed by atoms with Gasteiger partial charge in [0.1, 0.15) is 18.1 Å². The minimum absolute atomic E-state index is 0.147. The van der Waals surface area contributed by atoms with Gasteiger partial charge in [0.15, 0.2) is 5.41 Å². The summed E-state index contributed by atoms with van der Waals surface area (Å²) < 4.78 is 11.0. The van der Waals surface area contributed by atoms with Crippen molar-refractivity contribution in [1.82, 2.24) is 0 Å². The largest absolute Gasteiger partial charge is 0.460 e. The Kier molecular flexibility index (Phi) is 3.80. The molecule has 0 unspecified atom stereocenters. The fourth-order valence-electron chi connectivity index (χ4n) is 2.10. The first kappa shape index (κ1) is 14.2. The maximum atomic E-state index is 11.8. The molecular formula is C18H15NO3. The topological polar surface area (TPSA) is 59.3 Å². The molecule has 3 rings (SSSR count). The summed E-state index contributed by atoms with van der Waals surface area (Å²) in [6.07, 6.45) is 1.19. The molecule has 0 aromatic heterocycles. The zero-order valence-corrected chi connectivity index (χ0v) is 12.0. The lowest BCUT2D eigenvalue weighted by Gasteiger charge is -2.09. The van der Waals surface area contributed by atoms with E-state index in [0.717, 1.165) is 11.3 Å². The van der Waals surface area contributed by atoms with Gasteiger partial charge < -0.3 is 9.47 Å². The van der Waals surface area contributed by atoms with E-state index in [1.807, 2.05) is 60.7 Å². The lowest BCUT2D eigenvalue weighted by Crippen LogP contribution is -2.17. The Bertz CT molecular complexity index is 715. The Morgan fingerprint density at radius 3 is 2.50 bits per heavy atom. The summed E-state index contributed by atoms with van der Waals surface area (Å²) >= 11 is 0. The molecule has 0 spiro atoms. The van der Waals surface area contributed by atoms with Gasteiger partial charge in [-0.1, -0.05) is 30.3 Å². The summed E-state index contributed by atoms with van der Waals surface area (Å²) in [6.45, 7) is 0.147. The molecule has 2 aromatic carbocycles. The third-order valence-corrected chi connectivity index (χ3v) is 3.60. The molecule has 0 radical (unpaired) electrons. The molecule has 4 heteroatoms. The molecule has 2 aromatic rings. The van der Waals surface area contributed by atoms with Gasteiger partial charge in [-0.05, 0) is 42.7 Å². The maximum Gasteiger partial charge on any atom is 0.326 e. The van der Waals surface area contributed by atoms with Gasteiger partial charge in [0, 0.05) is 0 Å². The van der Waals surface area contributed by atoms with Crippen LogP contribution in [0.4, 0.5) is 0 Å². The Hall–Kier alpha value is -2.80. The number of benzene rings is 2. The van der Waals surface area contributed by atoms with E-state index in [2.05, 4.69) is 0 Å². The lowest BCUT2D eigenvalue weighted by atomic mass is 10.1. The van der Waals surface area contributed by atoms with Crippen molar-refractivity contribution in [2.24, 2.45) is 5.41 Å². The number of esters is 1. The smallest absolute Gasteiger partial charge is 0.326 e. The van der Waals surface area contributed by atoms with Crippen molar-refractivity contribution in [3.8, 4) is 17.6 Å². The van der Waals surface area contributed by atoms with Gasteiger partial charge in [0.25, 0.3) is 0 Å². The number of carbonyl (C=O) groups excluding carboxylic acids is 1. The van der Waals surface area contributed by atoms with Crippen molar-refractivity contribution in [2.75, 3.05) is 0 Å². The summed E-state index contributed by atoms with van der Waals surface area (Å²) in [4.78, 5) is 11.8. The maximum absolute atomic E-state index is 11.8. The first-order valence-corrected chi connectivity index (χ1v) is 7.12. The highest BCUT2D eigenvalue weighted by Crippen LogP contribution is 2.46. The molecule has 0 bridgehead atoms. The average Bonchev–Trinajstić information content (AvgIpc) is 3.35. The number of nitriles is 1. The van der Waals surface area contributed by atoms with E-state index >= 15 is 0 Å². The molecule has 0 atom stereocenters. The van der Waals surface area contributed by atoms with Crippen LogP contribution in [0.1, 0.15) is 18.4 Å². The third-order valence-electron chi connectivity index (χ3n) is 3.60. The van der Waals surface area contributed by atoms with Gasteiger partial charge in [0.2, 0.25) is 0 Å². The van der Waals surface area contributed by atoms with Crippen molar-refractivity contribution >= 4 is 5.97 Å². The zero-order chi connectivity index (χ0) is 15.4. The Balaban J connectivity index is 1.62. The van der Waals surface area contributed by atoms with Gasteiger partial charge in [-0.25, -0.2) is 0 Å². The molecule has 1 aliphatic rings. The van der Waals surface area contributed by atoms with Crippen LogP contribution in [0.2, 0.25) is 0 Å². The van der Waals surface area contributed by atoms with Crippen molar-refractivity contribution in [3.63, 3.8) is 0 Å². The van der Waals surface area contributed by atoms with Gasteiger partial charge in [-0.2, -0.15) is 5.26 Å². The van der Waals surface area contributed by atoms with Crippen molar-refractivity contribution < 1.29 is 14.3 Å². The second kappa shape index (κ2) is 5.90. The van der Waals surface area contributed by atoms with Crippen molar-refractivity contribution in [3.05, 3.63) is 60.2 Å². The van der Waals surface area contributed by atoms with E-state index in [-0.39, 0.29) is 6.61 Å². The average molecular weight is 293 g/mol. The first-order chi connectivity index (χ1) is 10.7. The van der Waals surface area contributed by atoms with Crippen molar-refractivity contribution in [1.29, 1.82) is 5.26 Å². The fraction of sp³-hybridized carbons (Fsp3) is 0.222. The summed E-state index contributed by atoms with van der Waals surface area (Å²) in [5.41, 5.74) is -0.0615. The quantitative estimate of drug-likeness (QED) is 0.786. The summed E-state index contributed by atoms with van der Waals surface area (Å²) in [5.74, 6) is 1.00. The second-order valence-electron chi connectivity index (χ2n) is 5.33. The summed E-state index contributed by atoms with van der Waals surface area (Å²) in [7, 11) is 0. The standard InChI is InChI=1S/C18H15NO3/c19-13-18(9-10-18)17(20)21-12-14-5-4-8-16(11-14)22-15-6-2-1-3-7-15/h1-8,11H,9-10,12H2. The number of para-hydroxylation sites is 1. The Morgan fingerprint density at radius 1 is 1.09 bits per heavy atom. The normalized spacial score (nSPS) is 14.7. The van der Waals surface area contributed by atoms with E-state index in [1.165, 1.54) is 0 Å². The molecule has 1 fully saturated rings. The highest BCUT2D eigenvalue weighted by molar-refractivity contribution is 5.83. The van der Waals surface area contributed by atoms with E-state index < -0.39 is 11.4 Å². The van der Waals surface area contributed by atoms with E-state index in [0.29, 0.717) is 18.6 Å². The van der Waals surface area contributed by atoms with Crippen LogP contribution in [0.5, 0.6) is 11.5 Å². The fourth-order valence-corrected chi connectivity index (χ4v) is 2.10. The molecule has 0 amide bonds. The number of ether oxygens (including phenoxy) is 2. The van der Waals surface area contributed by atoms with Crippen LogP contribution in [-0.2, 0) is 16.1 Å². The number of nitrogens with zero attached hydrogens (tertiary/aromatic N) is 1. The van der Waals surface area contributed by atoms with E-state index in [1.54, 1.807) is 0 Å². The van der Waals surface area contributed by atoms with E-state index in [4.69, 9.17) is 14.7 Å². The molecule has 4 nitrogen and oxygen atoms in total. The van der Waals surface area contributed by atoms with Crippen LogP contribution in [0, 0.1) is 16.7 Å². The highest BCUT2D eigenvalue weighted by Gasteiger charge is 2.52. The minimum atomic E-state index is -0.891. The molecule has 0 heterocycles. The number of hydrogen-bond acceptors (Lipinski definition) is 4. The molecule has 1 aliphatic carbocycles.